The lowest BCUT2D eigenvalue weighted by Gasteiger charge is -2.26. The Labute approximate surface area is 140 Å². The Hall–Kier alpha value is -2.89. The molecule has 0 fully saturated rings. The van der Waals surface area contributed by atoms with Crippen LogP contribution in [0.5, 0.6) is 5.75 Å². The molecule has 0 spiro atoms. The van der Waals surface area contributed by atoms with Gasteiger partial charge in [-0.05, 0) is 42.3 Å². The van der Waals surface area contributed by atoms with Crippen molar-refractivity contribution in [1.82, 2.24) is 9.88 Å². The molecule has 1 aliphatic rings. The molecule has 2 aromatic rings. The van der Waals surface area contributed by atoms with Gasteiger partial charge in [-0.25, -0.2) is 0 Å². The SMILES string of the molecule is CN(CCc1ccncc1)C(=O)c1ccc2c(c1)N(C)C(=O)CO2. The summed E-state index contributed by atoms with van der Waals surface area (Å²) >= 11 is 0. The number of aromatic nitrogens is 1. The summed E-state index contributed by atoms with van der Waals surface area (Å²) < 4.78 is 5.38. The van der Waals surface area contributed by atoms with Crippen LogP contribution in [0.25, 0.3) is 0 Å². The highest BCUT2D eigenvalue weighted by atomic mass is 16.5. The molecule has 2 amide bonds. The summed E-state index contributed by atoms with van der Waals surface area (Å²) in [6.07, 6.45) is 4.25. The largest absolute Gasteiger partial charge is 0.482 e. The number of rotatable bonds is 4. The predicted octanol–water partition coefficient (Wildman–Crippen LogP) is 1.75. The van der Waals surface area contributed by atoms with Gasteiger partial charge >= 0.3 is 0 Å². The Morgan fingerprint density at radius 3 is 2.79 bits per heavy atom. The maximum absolute atomic E-state index is 12.6. The zero-order valence-corrected chi connectivity index (χ0v) is 13.7. The van der Waals surface area contributed by atoms with Crippen molar-refractivity contribution in [3.8, 4) is 5.75 Å². The molecule has 0 bridgehead atoms. The minimum atomic E-state index is -0.127. The average molecular weight is 325 g/mol. The number of carbonyl (C=O) groups is 2. The second-order valence-electron chi connectivity index (χ2n) is 5.76. The summed E-state index contributed by atoms with van der Waals surface area (Å²) in [5, 5.41) is 0. The van der Waals surface area contributed by atoms with Gasteiger partial charge in [0.2, 0.25) is 0 Å². The van der Waals surface area contributed by atoms with Crippen molar-refractivity contribution >= 4 is 17.5 Å². The molecule has 1 aromatic carbocycles. The molecule has 1 aliphatic heterocycles. The van der Waals surface area contributed by atoms with Crippen LogP contribution < -0.4 is 9.64 Å². The fourth-order valence-electron chi connectivity index (χ4n) is 2.57. The summed E-state index contributed by atoms with van der Waals surface area (Å²) in [6.45, 7) is 0.633. The first-order chi connectivity index (χ1) is 11.6. The van der Waals surface area contributed by atoms with E-state index in [1.807, 2.05) is 12.1 Å². The van der Waals surface area contributed by atoms with Crippen LogP contribution in [0.4, 0.5) is 5.69 Å². The van der Waals surface area contributed by atoms with Crippen molar-refractivity contribution in [3.05, 3.63) is 53.9 Å². The van der Waals surface area contributed by atoms with Crippen molar-refractivity contribution in [2.75, 3.05) is 32.1 Å². The van der Waals surface area contributed by atoms with Gasteiger partial charge in [0.05, 0.1) is 5.69 Å². The second kappa shape index (κ2) is 6.70. The summed E-state index contributed by atoms with van der Waals surface area (Å²) in [7, 11) is 3.46. The maximum atomic E-state index is 12.6. The minimum absolute atomic E-state index is 0.0304. The average Bonchev–Trinajstić information content (AvgIpc) is 2.63. The molecule has 0 saturated carbocycles. The normalized spacial score (nSPS) is 13.2. The summed E-state index contributed by atoms with van der Waals surface area (Å²) in [6, 6.07) is 9.05. The van der Waals surface area contributed by atoms with E-state index < -0.39 is 0 Å². The third kappa shape index (κ3) is 3.22. The van der Waals surface area contributed by atoms with Crippen molar-refractivity contribution in [2.45, 2.75) is 6.42 Å². The molecule has 0 unspecified atom stereocenters. The fourth-order valence-corrected chi connectivity index (χ4v) is 2.57. The summed E-state index contributed by atoms with van der Waals surface area (Å²) in [4.78, 5) is 31.5. The Kier molecular flexibility index (Phi) is 4.46. The molecule has 6 heteroatoms. The molecule has 124 valence electrons. The molecule has 2 heterocycles. The third-order valence-electron chi connectivity index (χ3n) is 4.12. The Morgan fingerprint density at radius 1 is 1.29 bits per heavy atom. The van der Waals surface area contributed by atoms with Crippen LogP contribution in [0, 0.1) is 0 Å². The van der Waals surface area contributed by atoms with Crippen LogP contribution in [0.3, 0.4) is 0 Å². The molecule has 0 radical (unpaired) electrons. The quantitative estimate of drug-likeness (QED) is 0.859. The topological polar surface area (TPSA) is 62.7 Å². The molecule has 0 aliphatic carbocycles. The van der Waals surface area contributed by atoms with E-state index >= 15 is 0 Å². The van der Waals surface area contributed by atoms with Crippen molar-refractivity contribution in [3.63, 3.8) is 0 Å². The van der Waals surface area contributed by atoms with Crippen LogP contribution in [-0.4, -0.2) is 48.9 Å². The number of benzene rings is 1. The van der Waals surface area contributed by atoms with Gasteiger partial charge in [-0.1, -0.05) is 0 Å². The standard InChI is InChI=1S/C18H19N3O3/c1-20(10-7-13-5-8-19-9-6-13)18(23)14-3-4-16-15(11-14)21(2)17(22)12-24-16/h3-6,8-9,11H,7,10,12H2,1-2H3. The van der Waals surface area contributed by atoms with Crippen LogP contribution in [0.2, 0.25) is 0 Å². The maximum Gasteiger partial charge on any atom is 0.264 e. The Bertz CT molecular complexity index is 761. The Balaban J connectivity index is 1.71. The van der Waals surface area contributed by atoms with E-state index in [0.717, 1.165) is 12.0 Å². The monoisotopic (exact) mass is 325 g/mol. The first-order valence-electron chi connectivity index (χ1n) is 7.74. The molecule has 1 aromatic heterocycles. The van der Waals surface area contributed by atoms with Gasteiger partial charge in [0.25, 0.3) is 11.8 Å². The van der Waals surface area contributed by atoms with E-state index in [2.05, 4.69) is 4.98 Å². The predicted molar refractivity (Wildman–Crippen MR) is 90.2 cm³/mol. The Morgan fingerprint density at radius 2 is 2.04 bits per heavy atom. The van der Waals surface area contributed by atoms with Gasteiger partial charge in [-0.15, -0.1) is 0 Å². The number of fused-ring (bicyclic) bond motifs is 1. The number of nitrogens with zero attached hydrogens (tertiary/aromatic N) is 3. The summed E-state index contributed by atoms with van der Waals surface area (Å²) in [5.41, 5.74) is 2.30. The molecule has 6 nitrogen and oxygen atoms in total. The van der Waals surface area contributed by atoms with Gasteiger partial charge in [0.15, 0.2) is 6.61 Å². The van der Waals surface area contributed by atoms with Crippen molar-refractivity contribution in [2.24, 2.45) is 0 Å². The number of ether oxygens (including phenoxy) is 1. The van der Waals surface area contributed by atoms with Crippen molar-refractivity contribution < 1.29 is 14.3 Å². The van der Waals surface area contributed by atoms with Gasteiger partial charge in [-0.2, -0.15) is 0 Å². The lowest BCUT2D eigenvalue weighted by Crippen LogP contribution is -2.36. The molecule has 24 heavy (non-hydrogen) atoms. The lowest BCUT2D eigenvalue weighted by molar-refractivity contribution is -0.120. The first-order valence-corrected chi connectivity index (χ1v) is 7.74. The molecule has 3 rings (SSSR count). The molecule has 0 saturated heterocycles. The number of anilines is 1. The van der Waals surface area contributed by atoms with E-state index in [9.17, 15) is 9.59 Å². The van der Waals surface area contributed by atoms with Gasteiger partial charge in [0.1, 0.15) is 5.75 Å². The van der Waals surface area contributed by atoms with E-state index in [1.165, 1.54) is 4.90 Å². The minimum Gasteiger partial charge on any atom is -0.482 e. The molecule has 0 atom stereocenters. The van der Waals surface area contributed by atoms with E-state index in [0.29, 0.717) is 23.5 Å². The highest BCUT2D eigenvalue weighted by Gasteiger charge is 2.24. The highest BCUT2D eigenvalue weighted by Crippen LogP contribution is 2.32. The first kappa shape index (κ1) is 16.0. The number of hydrogen-bond donors (Lipinski definition) is 0. The van der Waals surface area contributed by atoms with E-state index in [4.69, 9.17) is 4.74 Å². The molecular weight excluding hydrogens is 306 g/mol. The van der Waals surface area contributed by atoms with Crippen LogP contribution in [0.15, 0.2) is 42.7 Å². The molecular formula is C18H19N3O3. The fraction of sp³-hybridized carbons (Fsp3) is 0.278. The smallest absolute Gasteiger partial charge is 0.264 e. The number of hydrogen-bond acceptors (Lipinski definition) is 4. The molecule has 0 N–H and O–H groups in total. The van der Waals surface area contributed by atoms with Gasteiger partial charge in [-0.3, -0.25) is 14.6 Å². The van der Waals surface area contributed by atoms with E-state index in [-0.39, 0.29) is 18.4 Å². The van der Waals surface area contributed by atoms with Gasteiger partial charge in [0, 0.05) is 38.6 Å². The van der Waals surface area contributed by atoms with E-state index in [1.54, 1.807) is 49.6 Å². The third-order valence-corrected chi connectivity index (χ3v) is 4.12. The lowest BCUT2D eigenvalue weighted by atomic mass is 10.1. The zero-order valence-electron chi connectivity index (χ0n) is 13.7. The zero-order chi connectivity index (χ0) is 17.1. The number of likely N-dealkylation sites (N-methyl/N-ethyl adjacent to an activating group) is 2. The van der Waals surface area contributed by atoms with Crippen LogP contribution >= 0.6 is 0 Å². The van der Waals surface area contributed by atoms with Gasteiger partial charge < -0.3 is 14.5 Å². The second-order valence-corrected chi connectivity index (χ2v) is 5.76. The number of pyridine rings is 1. The number of amides is 2. The van der Waals surface area contributed by atoms with Crippen LogP contribution in [0.1, 0.15) is 15.9 Å². The highest BCUT2D eigenvalue weighted by molar-refractivity contribution is 6.00. The van der Waals surface area contributed by atoms with Crippen molar-refractivity contribution in [1.29, 1.82) is 0 Å². The van der Waals surface area contributed by atoms with Crippen LogP contribution in [-0.2, 0) is 11.2 Å². The number of carbonyl (C=O) groups excluding carboxylic acids is 2. The summed E-state index contributed by atoms with van der Waals surface area (Å²) in [5.74, 6) is 0.407.